The van der Waals surface area contributed by atoms with Gasteiger partial charge in [0.1, 0.15) is 13.2 Å². The van der Waals surface area contributed by atoms with Crippen LogP contribution < -0.4 is 0 Å². The van der Waals surface area contributed by atoms with E-state index in [4.69, 9.17) is 14.2 Å². The molecule has 0 aromatic carbocycles. The van der Waals surface area contributed by atoms with Gasteiger partial charge in [0.25, 0.3) is 0 Å². The van der Waals surface area contributed by atoms with Crippen LogP contribution in [-0.2, 0) is 28.6 Å². The zero-order valence-corrected chi connectivity index (χ0v) is 42.5. The molecular formula is C59H100O6. The summed E-state index contributed by atoms with van der Waals surface area (Å²) in [5.41, 5.74) is 0. The number of rotatable bonds is 48. The monoisotopic (exact) mass is 905 g/mol. The Morgan fingerprint density at radius 2 is 0.615 bits per heavy atom. The second kappa shape index (κ2) is 53.2. The van der Waals surface area contributed by atoms with Crippen molar-refractivity contribution in [3.05, 3.63) is 85.1 Å². The Labute approximate surface area is 401 Å². The first-order valence-corrected chi connectivity index (χ1v) is 27.1. The molecule has 372 valence electrons. The van der Waals surface area contributed by atoms with Crippen LogP contribution in [0.25, 0.3) is 0 Å². The fraction of sp³-hybridized carbons (Fsp3) is 0.712. The predicted octanol–water partition coefficient (Wildman–Crippen LogP) is 18.0. The van der Waals surface area contributed by atoms with E-state index in [1.165, 1.54) is 116 Å². The van der Waals surface area contributed by atoms with E-state index >= 15 is 0 Å². The van der Waals surface area contributed by atoms with Crippen molar-refractivity contribution < 1.29 is 28.6 Å². The fourth-order valence-corrected chi connectivity index (χ4v) is 7.29. The molecule has 0 N–H and O–H groups in total. The van der Waals surface area contributed by atoms with Gasteiger partial charge >= 0.3 is 17.9 Å². The summed E-state index contributed by atoms with van der Waals surface area (Å²) in [6, 6.07) is 0. The largest absolute Gasteiger partial charge is 0.462 e. The summed E-state index contributed by atoms with van der Waals surface area (Å²) in [5, 5.41) is 0. The third-order valence-electron chi connectivity index (χ3n) is 11.4. The highest BCUT2D eigenvalue weighted by Gasteiger charge is 2.19. The van der Waals surface area contributed by atoms with Gasteiger partial charge in [-0.2, -0.15) is 0 Å². The predicted molar refractivity (Wildman–Crippen MR) is 279 cm³/mol. The van der Waals surface area contributed by atoms with Crippen molar-refractivity contribution >= 4 is 17.9 Å². The summed E-state index contributed by atoms with van der Waals surface area (Å²) in [5.74, 6) is -0.971. The number of ether oxygens (including phenoxy) is 3. The second-order valence-electron chi connectivity index (χ2n) is 17.7. The van der Waals surface area contributed by atoms with Gasteiger partial charge in [-0.3, -0.25) is 14.4 Å². The molecule has 0 rings (SSSR count). The van der Waals surface area contributed by atoms with Gasteiger partial charge in [-0.1, -0.05) is 209 Å². The minimum atomic E-state index is -0.805. The number of hydrogen-bond donors (Lipinski definition) is 0. The normalized spacial score (nSPS) is 12.7. The van der Waals surface area contributed by atoms with E-state index in [2.05, 4.69) is 106 Å². The van der Waals surface area contributed by atoms with E-state index in [0.29, 0.717) is 19.3 Å². The molecule has 6 heteroatoms. The summed E-state index contributed by atoms with van der Waals surface area (Å²) >= 11 is 0. The Balaban J connectivity index is 4.49. The molecule has 0 aliphatic rings. The summed E-state index contributed by atoms with van der Waals surface area (Å²) in [7, 11) is 0. The highest BCUT2D eigenvalue weighted by molar-refractivity contribution is 5.71. The quantitative estimate of drug-likeness (QED) is 0.0262. The van der Waals surface area contributed by atoms with Crippen LogP contribution in [-0.4, -0.2) is 37.2 Å². The summed E-state index contributed by atoms with van der Waals surface area (Å²) in [6.07, 6.45) is 68.5. The molecule has 0 bridgehead atoms. The first-order chi connectivity index (χ1) is 32.0. The molecule has 6 nitrogen and oxygen atoms in total. The van der Waals surface area contributed by atoms with E-state index in [1.54, 1.807) is 0 Å². The number of carbonyl (C=O) groups excluding carboxylic acids is 3. The Hall–Kier alpha value is -3.41. The molecule has 0 amide bonds. The second-order valence-corrected chi connectivity index (χ2v) is 17.7. The molecule has 65 heavy (non-hydrogen) atoms. The lowest BCUT2D eigenvalue weighted by Crippen LogP contribution is -2.30. The maximum absolute atomic E-state index is 12.8. The van der Waals surface area contributed by atoms with Crippen LogP contribution in [0, 0.1) is 0 Å². The van der Waals surface area contributed by atoms with Crippen LogP contribution in [0.5, 0.6) is 0 Å². The molecule has 0 unspecified atom stereocenters. The van der Waals surface area contributed by atoms with Crippen LogP contribution in [0.1, 0.15) is 252 Å². The molecule has 0 saturated carbocycles. The molecular weight excluding hydrogens is 805 g/mol. The highest BCUT2D eigenvalue weighted by Crippen LogP contribution is 2.14. The van der Waals surface area contributed by atoms with E-state index in [1.807, 2.05) is 0 Å². The fourth-order valence-electron chi connectivity index (χ4n) is 7.29. The molecule has 0 saturated heterocycles. The molecule has 0 aliphatic heterocycles. The molecule has 0 radical (unpaired) electrons. The lowest BCUT2D eigenvalue weighted by molar-refractivity contribution is -0.167. The Morgan fingerprint density at radius 1 is 0.323 bits per heavy atom. The lowest BCUT2D eigenvalue weighted by Gasteiger charge is -2.18. The van der Waals surface area contributed by atoms with Gasteiger partial charge < -0.3 is 14.2 Å². The molecule has 0 spiro atoms. The minimum absolute atomic E-state index is 0.0998. The van der Waals surface area contributed by atoms with Crippen molar-refractivity contribution in [3.8, 4) is 0 Å². The maximum atomic E-state index is 12.8. The average Bonchev–Trinajstić information content (AvgIpc) is 3.30. The summed E-state index contributed by atoms with van der Waals surface area (Å²) < 4.78 is 16.8. The van der Waals surface area contributed by atoms with Crippen molar-refractivity contribution in [3.63, 3.8) is 0 Å². The van der Waals surface area contributed by atoms with Crippen molar-refractivity contribution in [1.29, 1.82) is 0 Å². The van der Waals surface area contributed by atoms with Gasteiger partial charge in [-0.05, 0) is 109 Å². The van der Waals surface area contributed by atoms with E-state index < -0.39 is 6.10 Å². The van der Waals surface area contributed by atoms with Gasteiger partial charge in [0, 0.05) is 19.3 Å². The molecule has 0 aromatic rings. The minimum Gasteiger partial charge on any atom is -0.462 e. The van der Waals surface area contributed by atoms with E-state index in [-0.39, 0.29) is 37.5 Å². The van der Waals surface area contributed by atoms with Gasteiger partial charge in [-0.25, -0.2) is 0 Å². The van der Waals surface area contributed by atoms with E-state index in [0.717, 1.165) is 89.9 Å². The average molecular weight is 905 g/mol. The number of carbonyl (C=O) groups is 3. The first kappa shape index (κ1) is 61.6. The van der Waals surface area contributed by atoms with Gasteiger partial charge in [0.15, 0.2) is 6.10 Å². The topological polar surface area (TPSA) is 78.9 Å². The lowest BCUT2D eigenvalue weighted by atomic mass is 10.1. The van der Waals surface area contributed by atoms with Crippen LogP contribution in [0.4, 0.5) is 0 Å². The van der Waals surface area contributed by atoms with Crippen molar-refractivity contribution in [2.24, 2.45) is 0 Å². The van der Waals surface area contributed by atoms with Crippen LogP contribution in [0.15, 0.2) is 85.1 Å². The maximum Gasteiger partial charge on any atom is 0.306 e. The smallest absolute Gasteiger partial charge is 0.306 e. The van der Waals surface area contributed by atoms with Crippen LogP contribution in [0.2, 0.25) is 0 Å². The molecule has 0 aliphatic carbocycles. The number of unbranched alkanes of at least 4 members (excludes halogenated alkanes) is 23. The van der Waals surface area contributed by atoms with Gasteiger partial charge in [-0.15, -0.1) is 0 Å². The Kier molecular flexibility index (Phi) is 50.4. The summed E-state index contributed by atoms with van der Waals surface area (Å²) in [6.45, 7) is 6.45. The SMILES string of the molecule is CC/C=C\C/C=C\C/C=C\C/C=C\C/C=C\CCCC(=O)OC[C@H](COC(=O)CCCCCCCCC/C=C\CCCCCC)OC(=O)CCCCCCC/C=C\CCCCCCCC. The van der Waals surface area contributed by atoms with Gasteiger partial charge in [0.2, 0.25) is 0 Å². The standard InChI is InChI=1S/C59H100O6/c1-4-7-10-13-16-19-22-25-28-29-32-34-37-40-43-46-49-52-58(61)64-55-56(65-59(62)53-50-47-44-41-38-35-31-27-24-21-18-15-12-9-6-3)54-63-57(60)51-48-45-42-39-36-33-30-26-23-20-17-14-11-8-5-2/h7,10,16,19-20,23,25,27-28,31-32,34,40,43,56H,4-6,8-9,11-15,17-18,21-22,24,26,29-30,33,35-39,41-42,44-55H2,1-3H3/b10-7-,19-16-,23-20-,28-25-,31-27-,34-32-,43-40-/t56-/m0/s1. The molecule has 0 heterocycles. The van der Waals surface area contributed by atoms with Crippen LogP contribution >= 0.6 is 0 Å². The van der Waals surface area contributed by atoms with E-state index in [9.17, 15) is 14.4 Å². The highest BCUT2D eigenvalue weighted by atomic mass is 16.6. The summed E-state index contributed by atoms with van der Waals surface area (Å²) in [4.78, 5) is 38.0. The van der Waals surface area contributed by atoms with Crippen LogP contribution in [0.3, 0.4) is 0 Å². The molecule has 0 fully saturated rings. The Bertz CT molecular complexity index is 1270. The number of hydrogen-bond acceptors (Lipinski definition) is 6. The number of allylic oxidation sites excluding steroid dienone is 14. The third kappa shape index (κ3) is 51.4. The molecule has 0 aromatic heterocycles. The van der Waals surface area contributed by atoms with Crippen molar-refractivity contribution in [2.75, 3.05) is 13.2 Å². The van der Waals surface area contributed by atoms with Gasteiger partial charge in [0.05, 0.1) is 0 Å². The first-order valence-electron chi connectivity index (χ1n) is 27.1. The zero-order chi connectivity index (χ0) is 47.2. The van der Waals surface area contributed by atoms with Crippen molar-refractivity contribution in [2.45, 2.75) is 258 Å². The number of esters is 3. The molecule has 1 atom stereocenters. The van der Waals surface area contributed by atoms with Crippen molar-refractivity contribution in [1.82, 2.24) is 0 Å². The zero-order valence-electron chi connectivity index (χ0n) is 42.5. The third-order valence-corrected chi connectivity index (χ3v) is 11.4. The Morgan fingerprint density at radius 3 is 1.03 bits per heavy atom.